The highest BCUT2D eigenvalue weighted by atomic mass is 79.9. The standard InChI is InChI=1S/C18H15BrN2O3/c1-11(22)24-17-18(23)21(2)15-9-8-13(19)10-14(15)16(20-17)12-6-4-3-5-7-12/h3-10,17H,1-2H3/t17-/m1/s1. The number of hydrogen-bond acceptors (Lipinski definition) is 4. The van der Waals surface area contributed by atoms with Crippen molar-refractivity contribution in [3.63, 3.8) is 0 Å². The van der Waals surface area contributed by atoms with E-state index in [9.17, 15) is 9.59 Å². The van der Waals surface area contributed by atoms with Gasteiger partial charge in [-0.15, -0.1) is 0 Å². The number of halogens is 1. The molecule has 0 spiro atoms. The predicted molar refractivity (Wildman–Crippen MR) is 95.2 cm³/mol. The number of carbonyl (C=O) groups is 2. The molecule has 0 unspecified atom stereocenters. The number of benzene rings is 2. The molecule has 24 heavy (non-hydrogen) atoms. The normalized spacial score (nSPS) is 17.0. The third kappa shape index (κ3) is 3.10. The molecular weight excluding hydrogens is 372 g/mol. The van der Waals surface area contributed by atoms with E-state index in [0.717, 1.165) is 15.6 Å². The summed E-state index contributed by atoms with van der Waals surface area (Å²) in [5.74, 6) is -0.940. The van der Waals surface area contributed by atoms with Crippen molar-refractivity contribution in [2.75, 3.05) is 11.9 Å². The van der Waals surface area contributed by atoms with Gasteiger partial charge in [-0.2, -0.15) is 0 Å². The van der Waals surface area contributed by atoms with E-state index in [1.807, 2.05) is 48.5 Å². The summed E-state index contributed by atoms with van der Waals surface area (Å²) in [5, 5.41) is 0. The molecule has 0 aliphatic carbocycles. The second-order valence-electron chi connectivity index (χ2n) is 5.36. The number of amides is 1. The minimum atomic E-state index is -1.20. The average molecular weight is 387 g/mol. The van der Waals surface area contributed by atoms with Gasteiger partial charge < -0.3 is 9.64 Å². The van der Waals surface area contributed by atoms with Crippen LogP contribution in [-0.4, -0.2) is 30.9 Å². The first kappa shape index (κ1) is 16.4. The molecule has 0 aromatic heterocycles. The highest BCUT2D eigenvalue weighted by Gasteiger charge is 2.32. The molecule has 5 nitrogen and oxygen atoms in total. The van der Waals surface area contributed by atoms with E-state index in [4.69, 9.17) is 4.74 Å². The van der Waals surface area contributed by atoms with Crippen LogP contribution in [0.2, 0.25) is 0 Å². The number of aliphatic imine (C=N–C) groups is 1. The summed E-state index contributed by atoms with van der Waals surface area (Å²) in [7, 11) is 1.65. The molecule has 2 aromatic carbocycles. The van der Waals surface area contributed by atoms with Gasteiger partial charge in [-0.3, -0.25) is 9.59 Å². The maximum Gasteiger partial charge on any atom is 0.305 e. The van der Waals surface area contributed by atoms with Crippen LogP contribution in [0.5, 0.6) is 0 Å². The first-order valence-corrected chi connectivity index (χ1v) is 8.14. The molecular formula is C18H15BrN2O3. The molecule has 1 atom stereocenters. The molecule has 0 bridgehead atoms. The number of anilines is 1. The zero-order chi connectivity index (χ0) is 17.3. The molecule has 0 saturated heterocycles. The van der Waals surface area contributed by atoms with Gasteiger partial charge in [0.2, 0.25) is 0 Å². The Morgan fingerprint density at radius 1 is 1.21 bits per heavy atom. The molecule has 2 aromatic rings. The molecule has 1 aliphatic rings. The number of benzodiazepines with no additional fused rings is 1. The first-order chi connectivity index (χ1) is 11.5. The minimum Gasteiger partial charge on any atom is -0.430 e. The Kier molecular flexibility index (Phi) is 4.49. The fraction of sp³-hybridized carbons (Fsp3) is 0.167. The van der Waals surface area contributed by atoms with E-state index >= 15 is 0 Å². The number of hydrogen-bond donors (Lipinski definition) is 0. The molecule has 6 heteroatoms. The Labute approximate surface area is 148 Å². The van der Waals surface area contributed by atoms with Crippen molar-refractivity contribution in [3.05, 3.63) is 64.1 Å². The second-order valence-corrected chi connectivity index (χ2v) is 6.28. The van der Waals surface area contributed by atoms with Crippen LogP contribution in [0.1, 0.15) is 18.1 Å². The number of likely N-dealkylation sites (N-methyl/N-ethyl adjacent to an activating group) is 1. The van der Waals surface area contributed by atoms with Crippen molar-refractivity contribution in [1.82, 2.24) is 0 Å². The first-order valence-electron chi connectivity index (χ1n) is 7.35. The largest absolute Gasteiger partial charge is 0.430 e. The number of esters is 1. The van der Waals surface area contributed by atoms with Crippen molar-refractivity contribution < 1.29 is 14.3 Å². The lowest BCUT2D eigenvalue weighted by atomic mass is 10.0. The van der Waals surface area contributed by atoms with Crippen LogP contribution < -0.4 is 4.90 Å². The van der Waals surface area contributed by atoms with Crippen LogP contribution in [-0.2, 0) is 14.3 Å². The Hall–Kier alpha value is -2.47. The van der Waals surface area contributed by atoms with Crippen LogP contribution in [0, 0.1) is 0 Å². The SMILES string of the molecule is CC(=O)O[C@H]1N=C(c2ccccc2)c2cc(Br)ccc2N(C)C1=O. The van der Waals surface area contributed by atoms with Gasteiger partial charge in [-0.25, -0.2) is 4.99 Å². The fourth-order valence-corrected chi connectivity index (χ4v) is 2.94. The summed E-state index contributed by atoms with van der Waals surface area (Å²) in [6.07, 6.45) is -1.20. The van der Waals surface area contributed by atoms with Gasteiger partial charge >= 0.3 is 5.97 Å². The summed E-state index contributed by atoms with van der Waals surface area (Å²) in [6, 6.07) is 15.1. The van der Waals surface area contributed by atoms with Gasteiger partial charge in [0.05, 0.1) is 11.4 Å². The van der Waals surface area contributed by atoms with Crippen molar-refractivity contribution in [1.29, 1.82) is 0 Å². The number of fused-ring (bicyclic) bond motifs is 1. The van der Waals surface area contributed by atoms with Crippen molar-refractivity contribution >= 4 is 39.2 Å². The summed E-state index contributed by atoms with van der Waals surface area (Å²) in [5.41, 5.74) is 2.95. The number of nitrogens with zero attached hydrogens (tertiary/aromatic N) is 2. The summed E-state index contributed by atoms with van der Waals surface area (Å²) >= 11 is 3.46. The lowest BCUT2D eigenvalue weighted by Gasteiger charge is -2.20. The molecule has 122 valence electrons. The number of ether oxygens (including phenoxy) is 1. The zero-order valence-electron chi connectivity index (χ0n) is 13.2. The molecule has 1 heterocycles. The fourth-order valence-electron chi connectivity index (χ4n) is 2.58. The lowest BCUT2D eigenvalue weighted by molar-refractivity contribution is -0.152. The van der Waals surface area contributed by atoms with Crippen molar-refractivity contribution in [3.8, 4) is 0 Å². The van der Waals surface area contributed by atoms with Gasteiger partial charge in [0.1, 0.15) is 0 Å². The number of rotatable bonds is 2. The molecule has 0 N–H and O–H groups in total. The molecule has 0 saturated carbocycles. The minimum absolute atomic E-state index is 0.389. The third-order valence-electron chi connectivity index (χ3n) is 3.69. The highest BCUT2D eigenvalue weighted by molar-refractivity contribution is 9.10. The van der Waals surface area contributed by atoms with Crippen LogP contribution >= 0.6 is 15.9 Å². The monoisotopic (exact) mass is 386 g/mol. The Morgan fingerprint density at radius 2 is 1.92 bits per heavy atom. The quantitative estimate of drug-likeness (QED) is 0.744. The molecule has 0 fully saturated rings. The van der Waals surface area contributed by atoms with E-state index in [-0.39, 0.29) is 5.91 Å². The van der Waals surface area contributed by atoms with E-state index in [1.165, 1.54) is 11.8 Å². The zero-order valence-corrected chi connectivity index (χ0v) is 14.8. The summed E-state index contributed by atoms with van der Waals surface area (Å²) < 4.78 is 6.01. The molecule has 1 amide bonds. The predicted octanol–water partition coefficient (Wildman–Crippen LogP) is 3.15. The van der Waals surface area contributed by atoms with Crippen LogP contribution in [0.3, 0.4) is 0 Å². The van der Waals surface area contributed by atoms with Crippen LogP contribution in [0.4, 0.5) is 5.69 Å². The Bertz CT molecular complexity index is 833. The topological polar surface area (TPSA) is 59.0 Å². The smallest absolute Gasteiger partial charge is 0.305 e. The lowest BCUT2D eigenvalue weighted by Crippen LogP contribution is -2.37. The van der Waals surface area contributed by atoms with E-state index in [2.05, 4.69) is 20.9 Å². The Balaban J connectivity index is 2.24. The van der Waals surface area contributed by atoms with Crippen molar-refractivity contribution in [2.24, 2.45) is 4.99 Å². The van der Waals surface area contributed by atoms with Gasteiger partial charge in [0.15, 0.2) is 0 Å². The van der Waals surface area contributed by atoms with Gasteiger partial charge in [0.25, 0.3) is 12.1 Å². The van der Waals surface area contributed by atoms with Gasteiger partial charge in [0, 0.05) is 29.6 Å². The summed E-state index contributed by atoms with van der Waals surface area (Å²) in [4.78, 5) is 29.9. The van der Waals surface area contributed by atoms with E-state index < -0.39 is 12.2 Å². The highest BCUT2D eigenvalue weighted by Crippen LogP contribution is 2.30. The van der Waals surface area contributed by atoms with Gasteiger partial charge in [-0.05, 0) is 18.2 Å². The third-order valence-corrected chi connectivity index (χ3v) is 4.18. The summed E-state index contributed by atoms with van der Waals surface area (Å²) in [6.45, 7) is 1.26. The van der Waals surface area contributed by atoms with E-state index in [1.54, 1.807) is 7.05 Å². The maximum absolute atomic E-state index is 12.6. The second kappa shape index (κ2) is 6.57. The molecule has 3 rings (SSSR count). The Morgan fingerprint density at radius 3 is 2.58 bits per heavy atom. The number of carbonyl (C=O) groups excluding carboxylic acids is 2. The van der Waals surface area contributed by atoms with Crippen molar-refractivity contribution in [2.45, 2.75) is 13.2 Å². The van der Waals surface area contributed by atoms with E-state index in [0.29, 0.717) is 11.4 Å². The molecule has 1 aliphatic heterocycles. The maximum atomic E-state index is 12.6. The van der Waals surface area contributed by atoms with Crippen LogP contribution in [0.25, 0.3) is 0 Å². The average Bonchev–Trinajstić information content (AvgIpc) is 2.66. The van der Waals surface area contributed by atoms with Gasteiger partial charge in [-0.1, -0.05) is 46.3 Å². The van der Waals surface area contributed by atoms with Crippen LogP contribution in [0.15, 0.2) is 58.0 Å². The molecule has 0 radical (unpaired) electrons.